The number of anilines is 1. The van der Waals surface area contributed by atoms with E-state index >= 15 is 4.39 Å². The number of nitrogens with zero attached hydrogens (tertiary/aromatic N) is 6. The average Bonchev–Trinajstić information content (AvgIpc) is 3.28. The SMILES string of the molecule is CCC1CCC[C@H](Nc2ncc3c(-c4ccc5nc(C)n(CC(F)F)c5n4)c(F)cn3n2)C1. The van der Waals surface area contributed by atoms with Crippen LogP contribution in [0.3, 0.4) is 0 Å². The topological polar surface area (TPSA) is 72.9 Å². The maximum Gasteiger partial charge on any atom is 0.256 e. The molecule has 0 aromatic carbocycles. The number of fused-ring (bicyclic) bond motifs is 2. The highest BCUT2D eigenvalue weighted by Crippen LogP contribution is 2.31. The van der Waals surface area contributed by atoms with Crippen molar-refractivity contribution in [2.45, 2.75) is 65.0 Å². The number of alkyl halides is 2. The molecule has 0 spiro atoms. The fourth-order valence-corrected chi connectivity index (χ4v) is 4.84. The third kappa shape index (κ3) is 4.14. The van der Waals surface area contributed by atoms with Crippen LogP contribution in [0.5, 0.6) is 0 Å². The molecule has 4 heterocycles. The normalized spacial score (nSPS) is 19.1. The minimum Gasteiger partial charge on any atom is -0.350 e. The number of hydrogen-bond acceptors (Lipinski definition) is 5. The lowest BCUT2D eigenvalue weighted by atomic mass is 9.84. The molecule has 0 aliphatic heterocycles. The van der Waals surface area contributed by atoms with Crippen LogP contribution < -0.4 is 5.32 Å². The summed E-state index contributed by atoms with van der Waals surface area (Å²) < 4.78 is 43.9. The predicted molar refractivity (Wildman–Crippen MR) is 120 cm³/mol. The average molecular weight is 458 g/mol. The first-order chi connectivity index (χ1) is 15.9. The highest BCUT2D eigenvalue weighted by atomic mass is 19.3. The Morgan fingerprint density at radius 1 is 1.21 bits per heavy atom. The molecule has 10 heteroatoms. The first-order valence-corrected chi connectivity index (χ1v) is 11.4. The van der Waals surface area contributed by atoms with Crippen LogP contribution in [0.25, 0.3) is 27.9 Å². The number of hydrogen-bond donors (Lipinski definition) is 1. The number of rotatable bonds is 6. The molecule has 7 nitrogen and oxygen atoms in total. The van der Waals surface area contributed by atoms with Gasteiger partial charge in [-0.3, -0.25) is 0 Å². The van der Waals surface area contributed by atoms with Crippen molar-refractivity contribution < 1.29 is 13.2 Å². The van der Waals surface area contributed by atoms with E-state index in [2.05, 4.69) is 32.3 Å². The maximum absolute atomic E-state index is 15.0. The van der Waals surface area contributed by atoms with Crippen molar-refractivity contribution in [3.63, 3.8) is 0 Å². The summed E-state index contributed by atoms with van der Waals surface area (Å²) in [6.07, 6.45) is 6.07. The molecular weight excluding hydrogens is 431 g/mol. The smallest absolute Gasteiger partial charge is 0.256 e. The third-order valence-electron chi connectivity index (χ3n) is 6.54. The second-order valence-electron chi connectivity index (χ2n) is 8.75. The molecule has 1 aliphatic carbocycles. The molecule has 1 saturated carbocycles. The number of pyridine rings is 1. The van der Waals surface area contributed by atoms with Crippen molar-refractivity contribution in [3.8, 4) is 11.3 Å². The van der Waals surface area contributed by atoms with Gasteiger partial charge in [0.05, 0.1) is 35.7 Å². The zero-order valence-corrected chi connectivity index (χ0v) is 18.6. The first-order valence-electron chi connectivity index (χ1n) is 11.4. The molecule has 1 aliphatic rings. The summed E-state index contributed by atoms with van der Waals surface area (Å²) in [5.74, 6) is 1.09. The van der Waals surface area contributed by atoms with Crippen LogP contribution in [0.15, 0.2) is 24.5 Å². The van der Waals surface area contributed by atoms with E-state index in [0.29, 0.717) is 46.1 Å². The lowest BCUT2D eigenvalue weighted by Gasteiger charge is -2.28. The van der Waals surface area contributed by atoms with Crippen molar-refractivity contribution >= 4 is 22.6 Å². The molecule has 2 atom stereocenters. The zero-order valence-electron chi connectivity index (χ0n) is 18.6. The first kappa shape index (κ1) is 21.7. The summed E-state index contributed by atoms with van der Waals surface area (Å²) in [4.78, 5) is 13.2. The molecule has 4 aromatic heterocycles. The van der Waals surface area contributed by atoms with E-state index in [0.717, 1.165) is 19.3 Å². The Kier molecular flexibility index (Phi) is 5.67. The van der Waals surface area contributed by atoms with Gasteiger partial charge in [0.1, 0.15) is 11.3 Å². The molecule has 1 N–H and O–H groups in total. The van der Waals surface area contributed by atoms with Crippen LogP contribution in [-0.2, 0) is 6.54 Å². The van der Waals surface area contributed by atoms with E-state index in [9.17, 15) is 8.78 Å². The molecule has 33 heavy (non-hydrogen) atoms. The van der Waals surface area contributed by atoms with Crippen molar-refractivity contribution in [1.82, 2.24) is 29.1 Å². The molecule has 0 amide bonds. The number of aryl methyl sites for hydroxylation is 1. The van der Waals surface area contributed by atoms with E-state index < -0.39 is 18.8 Å². The lowest BCUT2D eigenvalue weighted by molar-refractivity contribution is 0.127. The Balaban J connectivity index is 1.48. The van der Waals surface area contributed by atoms with Gasteiger partial charge in [0.25, 0.3) is 6.43 Å². The monoisotopic (exact) mass is 457 g/mol. The van der Waals surface area contributed by atoms with Gasteiger partial charge in [0, 0.05) is 6.04 Å². The number of aromatic nitrogens is 6. The molecule has 0 saturated heterocycles. The second kappa shape index (κ2) is 8.64. The second-order valence-corrected chi connectivity index (χ2v) is 8.75. The number of halogens is 3. The van der Waals surface area contributed by atoms with Gasteiger partial charge >= 0.3 is 0 Å². The van der Waals surface area contributed by atoms with Gasteiger partial charge in [-0.1, -0.05) is 26.2 Å². The fourth-order valence-electron chi connectivity index (χ4n) is 4.84. The molecule has 174 valence electrons. The van der Waals surface area contributed by atoms with Crippen molar-refractivity contribution in [3.05, 3.63) is 36.2 Å². The van der Waals surface area contributed by atoms with Crippen molar-refractivity contribution in [2.24, 2.45) is 5.92 Å². The minimum absolute atomic E-state index is 0.231. The summed E-state index contributed by atoms with van der Waals surface area (Å²) in [7, 11) is 0. The summed E-state index contributed by atoms with van der Waals surface area (Å²) in [6.45, 7) is 3.35. The summed E-state index contributed by atoms with van der Waals surface area (Å²) in [6, 6.07) is 3.61. The molecule has 4 aromatic rings. The van der Waals surface area contributed by atoms with Crippen LogP contribution >= 0.6 is 0 Å². The van der Waals surface area contributed by atoms with Crippen LogP contribution in [-0.4, -0.2) is 41.6 Å². The minimum atomic E-state index is -2.55. The van der Waals surface area contributed by atoms with Crippen LogP contribution in [0.2, 0.25) is 0 Å². The predicted octanol–water partition coefficient (Wildman–Crippen LogP) is 5.23. The maximum atomic E-state index is 15.0. The van der Waals surface area contributed by atoms with Crippen molar-refractivity contribution in [1.29, 1.82) is 0 Å². The Morgan fingerprint density at radius 3 is 2.85 bits per heavy atom. The highest BCUT2D eigenvalue weighted by Gasteiger charge is 2.23. The van der Waals surface area contributed by atoms with Crippen LogP contribution in [0.1, 0.15) is 44.9 Å². The van der Waals surface area contributed by atoms with Crippen LogP contribution in [0, 0.1) is 18.7 Å². The number of nitrogens with one attached hydrogen (secondary N) is 1. The molecule has 5 rings (SSSR count). The molecular formula is C23H26F3N7. The summed E-state index contributed by atoms with van der Waals surface area (Å²) in [5, 5.41) is 7.86. The van der Waals surface area contributed by atoms with E-state index in [1.807, 2.05) is 0 Å². The van der Waals surface area contributed by atoms with E-state index in [1.54, 1.807) is 25.3 Å². The van der Waals surface area contributed by atoms with E-state index in [4.69, 9.17) is 0 Å². The standard InChI is InChI=1S/C23H26F3N7/c1-3-14-5-4-6-15(9-14)29-23-27-10-19-21(16(24)11-33(19)31-23)17-7-8-18-22(30-17)32(12-20(25)26)13(2)28-18/h7-8,10-11,14-15,20H,3-6,9,12H2,1-2H3,(H,29,31)/t14?,15-/m0/s1. The van der Waals surface area contributed by atoms with Gasteiger partial charge in [0.15, 0.2) is 11.5 Å². The van der Waals surface area contributed by atoms with Gasteiger partial charge < -0.3 is 9.88 Å². The Bertz CT molecular complexity index is 1300. The van der Waals surface area contributed by atoms with E-state index in [1.165, 1.54) is 28.1 Å². The Morgan fingerprint density at radius 2 is 2.06 bits per heavy atom. The highest BCUT2D eigenvalue weighted by molar-refractivity contribution is 5.83. The summed E-state index contributed by atoms with van der Waals surface area (Å²) in [5.41, 5.74) is 1.79. The lowest BCUT2D eigenvalue weighted by Crippen LogP contribution is -2.28. The number of imidazole rings is 1. The van der Waals surface area contributed by atoms with E-state index in [-0.39, 0.29) is 5.56 Å². The Labute approximate surface area is 189 Å². The van der Waals surface area contributed by atoms with Gasteiger partial charge in [0.2, 0.25) is 5.95 Å². The van der Waals surface area contributed by atoms with Crippen LogP contribution in [0.4, 0.5) is 19.1 Å². The van der Waals surface area contributed by atoms with Gasteiger partial charge in [-0.15, -0.1) is 5.10 Å². The van der Waals surface area contributed by atoms with Gasteiger partial charge in [-0.2, -0.15) is 0 Å². The molecule has 0 bridgehead atoms. The quantitative estimate of drug-likeness (QED) is 0.429. The van der Waals surface area contributed by atoms with Gasteiger partial charge in [-0.05, 0) is 37.8 Å². The van der Waals surface area contributed by atoms with Crippen molar-refractivity contribution in [2.75, 3.05) is 5.32 Å². The largest absolute Gasteiger partial charge is 0.350 e. The summed E-state index contributed by atoms with van der Waals surface area (Å²) >= 11 is 0. The molecule has 1 fully saturated rings. The fraction of sp³-hybridized carbons (Fsp3) is 0.478. The third-order valence-corrected chi connectivity index (χ3v) is 6.54. The zero-order chi connectivity index (χ0) is 23.1. The molecule has 1 unspecified atom stereocenters. The van der Waals surface area contributed by atoms with Gasteiger partial charge in [-0.25, -0.2) is 32.6 Å². The Hall–Kier alpha value is -3.17. The molecule has 0 radical (unpaired) electrons.